The van der Waals surface area contributed by atoms with Crippen LogP contribution in [0.15, 0.2) is 24.3 Å². The average molecular weight is 431 g/mol. The van der Waals surface area contributed by atoms with E-state index in [0.717, 1.165) is 56.9 Å². The van der Waals surface area contributed by atoms with Crippen molar-refractivity contribution in [3.8, 4) is 5.75 Å². The van der Waals surface area contributed by atoms with Gasteiger partial charge < -0.3 is 10.00 Å². The maximum Gasteiger partial charge on any atom is 0.472 e. The molecule has 0 aliphatic carbocycles. The third-order valence-corrected chi connectivity index (χ3v) is 6.10. The quantitative estimate of drug-likeness (QED) is 0.304. The molecule has 0 radical (unpaired) electrons. The molecule has 1 aromatic carbocycles. The summed E-state index contributed by atoms with van der Waals surface area (Å²) in [4.78, 5) is 9.77. The molecule has 1 rings (SSSR count). The number of phosphoric ester groups is 1. The second-order valence-electron chi connectivity index (χ2n) is 7.68. The van der Waals surface area contributed by atoms with Crippen LogP contribution in [-0.2, 0) is 13.6 Å². The van der Waals surface area contributed by atoms with Gasteiger partial charge in [0.15, 0.2) is 0 Å². The first kappa shape index (κ1) is 28.1. The molecule has 2 unspecified atom stereocenters. The van der Waals surface area contributed by atoms with Gasteiger partial charge in [0.25, 0.3) is 0 Å². The Bertz CT molecular complexity index is 519. The van der Waals surface area contributed by atoms with Crippen molar-refractivity contribution in [1.82, 2.24) is 0 Å². The Morgan fingerprint density at radius 3 is 1.66 bits per heavy atom. The molecule has 29 heavy (non-hydrogen) atoms. The number of aryl methyl sites for hydroxylation is 1. The van der Waals surface area contributed by atoms with Crippen molar-refractivity contribution < 1.29 is 23.6 Å². The Labute approximate surface area is 178 Å². The van der Waals surface area contributed by atoms with Crippen LogP contribution in [0.3, 0.4) is 0 Å². The molecule has 2 N–H and O–H groups in total. The highest BCUT2D eigenvalue weighted by Crippen LogP contribution is 2.44. The van der Waals surface area contributed by atoms with Crippen LogP contribution < -0.4 is 0 Å². The maximum atomic E-state index is 11.9. The van der Waals surface area contributed by atoms with Crippen LogP contribution >= 0.6 is 7.82 Å². The number of phosphoric acid groups is 1. The average Bonchev–Trinajstić information content (AvgIpc) is 2.71. The van der Waals surface area contributed by atoms with Crippen molar-refractivity contribution in [3.63, 3.8) is 0 Å². The molecule has 0 amide bonds. The van der Waals surface area contributed by atoms with E-state index in [1.807, 2.05) is 25.1 Å². The fourth-order valence-corrected chi connectivity index (χ4v) is 3.67. The van der Waals surface area contributed by atoms with E-state index in [9.17, 15) is 9.46 Å². The summed E-state index contributed by atoms with van der Waals surface area (Å²) >= 11 is 0. The van der Waals surface area contributed by atoms with Crippen molar-refractivity contribution >= 4 is 7.82 Å². The summed E-state index contributed by atoms with van der Waals surface area (Å²) < 4.78 is 22.2. The molecule has 6 heteroatoms. The molecule has 170 valence electrons. The largest absolute Gasteiger partial charge is 0.508 e. The van der Waals surface area contributed by atoms with Crippen LogP contribution in [0.2, 0.25) is 0 Å². The normalized spacial score (nSPS) is 15.1. The van der Waals surface area contributed by atoms with E-state index < -0.39 is 7.82 Å². The predicted molar refractivity (Wildman–Crippen MR) is 121 cm³/mol. The van der Waals surface area contributed by atoms with Gasteiger partial charge >= 0.3 is 7.82 Å². The van der Waals surface area contributed by atoms with Gasteiger partial charge in [-0.1, -0.05) is 84.4 Å². The van der Waals surface area contributed by atoms with Crippen LogP contribution in [-0.4, -0.2) is 23.2 Å². The molecule has 0 saturated carbocycles. The molecule has 0 aliphatic rings. The lowest BCUT2D eigenvalue weighted by Crippen LogP contribution is -2.12. The molecule has 0 aliphatic heterocycles. The molecule has 5 nitrogen and oxygen atoms in total. The number of benzene rings is 1. The Hall–Kier alpha value is -0.870. The Kier molecular flexibility index (Phi) is 16.4. The molecule has 2 atom stereocenters. The van der Waals surface area contributed by atoms with E-state index in [-0.39, 0.29) is 0 Å². The number of phenolic OH excluding ortho intramolecular Hbond substituents is 1. The minimum absolute atomic E-state index is 0.316. The van der Waals surface area contributed by atoms with Crippen LogP contribution in [0, 0.1) is 18.8 Å². The monoisotopic (exact) mass is 430 g/mol. The smallest absolute Gasteiger partial charge is 0.472 e. The summed E-state index contributed by atoms with van der Waals surface area (Å²) in [7, 11) is -3.89. The molecule has 0 heterocycles. The summed E-state index contributed by atoms with van der Waals surface area (Å²) in [5.74, 6) is 1.06. The summed E-state index contributed by atoms with van der Waals surface area (Å²) in [5, 5.41) is 8.92. The van der Waals surface area contributed by atoms with Crippen molar-refractivity contribution in [2.45, 2.75) is 86.0 Å². The fourth-order valence-electron chi connectivity index (χ4n) is 2.80. The van der Waals surface area contributed by atoms with Crippen LogP contribution in [0.25, 0.3) is 0 Å². The zero-order valence-corrected chi connectivity index (χ0v) is 20.0. The highest BCUT2D eigenvalue weighted by molar-refractivity contribution is 7.47. The minimum Gasteiger partial charge on any atom is -0.508 e. The highest BCUT2D eigenvalue weighted by Gasteiger charge is 2.24. The molecule has 1 aromatic rings. The highest BCUT2D eigenvalue weighted by atomic mass is 31.2. The zero-order valence-electron chi connectivity index (χ0n) is 19.1. The van der Waals surface area contributed by atoms with Crippen LogP contribution in [0.1, 0.15) is 84.6 Å². The SMILES string of the molecule is CCCCC(CC)COP(=O)(O)OCC(CC)CCCC.Cc1ccccc1O. The van der Waals surface area contributed by atoms with Gasteiger partial charge in [0.2, 0.25) is 0 Å². The molecular weight excluding hydrogens is 387 g/mol. The van der Waals surface area contributed by atoms with Crippen molar-refractivity contribution in [1.29, 1.82) is 0 Å². The molecule has 0 fully saturated rings. The van der Waals surface area contributed by atoms with E-state index in [4.69, 9.17) is 14.2 Å². The van der Waals surface area contributed by atoms with E-state index in [1.54, 1.807) is 6.07 Å². The number of hydrogen-bond donors (Lipinski definition) is 2. The van der Waals surface area contributed by atoms with Gasteiger partial charge in [0.1, 0.15) is 5.75 Å². The number of aromatic hydroxyl groups is 1. The lowest BCUT2D eigenvalue weighted by molar-refractivity contribution is 0.110. The summed E-state index contributed by atoms with van der Waals surface area (Å²) in [5.41, 5.74) is 0.924. The van der Waals surface area contributed by atoms with Crippen LogP contribution in [0.5, 0.6) is 5.75 Å². The second-order valence-corrected chi connectivity index (χ2v) is 9.13. The first-order valence-electron chi connectivity index (χ1n) is 11.2. The Balaban J connectivity index is 0.000000807. The fraction of sp³-hybridized carbons (Fsp3) is 0.739. The third-order valence-electron chi connectivity index (χ3n) is 5.15. The second kappa shape index (κ2) is 16.9. The zero-order chi connectivity index (χ0) is 22.1. The molecule has 0 aromatic heterocycles. The molecule has 0 bridgehead atoms. The summed E-state index contributed by atoms with van der Waals surface area (Å²) in [6, 6.07) is 7.25. The maximum absolute atomic E-state index is 11.9. The number of rotatable bonds is 14. The Morgan fingerprint density at radius 2 is 1.34 bits per heavy atom. The lowest BCUT2D eigenvalue weighted by atomic mass is 10.0. The van der Waals surface area contributed by atoms with Gasteiger partial charge in [-0.3, -0.25) is 9.05 Å². The predicted octanol–water partition coefficient (Wildman–Crippen LogP) is 7.25. The Morgan fingerprint density at radius 1 is 0.897 bits per heavy atom. The number of phenols is 1. The number of para-hydroxylation sites is 1. The first-order chi connectivity index (χ1) is 13.8. The van der Waals surface area contributed by atoms with Crippen molar-refractivity contribution in [2.24, 2.45) is 11.8 Å². The lowest BCUT2D eigenvalue weighted by Gasteiger charge is -2.20. The van der Waals surface area contributed by atoms with Gasteiger partial charge in [-0.25, -0.2) is 4.57 Å². The topological polar surface area (TPSA) is 76.0 Å². The van der Waals surface area contributed by atoms with E-state index in [2.05, 4.69) is 27.7 Å². The van der Waals surface area contributed by atoms with Gasteiger partial charge in [-0.15, -0.1) is 0 Å². The number of unbranched alkanes of at least 4 members (excludes halogenated alkanes) is 2. The van der Waals surface area contributed by atoms with Gasteiger partial charge in [-0.05, 0) is 43.2 Å². The van der Waals surface area contributed by atoms with E-state index in [1.165, 1.54) is 0 Å². The van der Waals surface area contributed by atoms with Gasteiger partial charge in [-0.2, -0.15) is 0 Å². The van der Waals surface area contributed by atoms with Gasteiger partial charge in [0.05, 0.1) is 13.2 Å². The van der Waals surface area contributed by atoms with E-state index >= 15 is 0 Å². The molecular formula is C23H43O5P. The minimum atomic E-state index is -3.89. The summed E-state index contributed by atoms with van der Waals surface area (Å²) in [6.45, 7) is 11.0. The first-order valence-corrected chi connectivity index (χ1v) is 12.6. The molecule has 0 spiro atoms. The van der Waals surface area contributed by atoms with Gasteiger partial charge in [0, 0.05) is 0 Å². The van der Waals surface area contributed by atoms with Crippen molar-refractivity contribution in [3.05, 3.63) is 29.8 Å². The third kappa shape index (κ3) is 14.7. The van der Waals surface area contributed by atoms with Crippen molar-refractivity contribution in [2.75, 3.05) is 13.2 Å². The summed E-state index contributed by atoms with van der Waals surface area (Å²) in [6.07, 6.45) is 8.56. The molecule has 0 saturated heterocycles. The standard InChI is InChI=1S/C16H35O4P.C7H8O/c1-5-9-11-15(7-3)13-19-21(17,18)20-14-16(8-4)12-10-6-2;1-6-4-2-3-5-7(6)8/h15-16H,5-14H2,1-4H3,(H,17,18);2-5,8H,1H3. The van der Waals surface area contributed by atoms with Crippen LogP contribution in [0.4, 0.5) is 0 Å². The van der Waals surface area contributed by atoms with E-state index in [0.29, 0.717) is 30.8 Å². The number of hydrogen-bond acceptors (Lipinski definition) is 4.